The van der Waals surface area contributed by atoms with Crippen LogP contribution in [0, 0.1) is 0 Å². The van der Waals surface area contributed by atoms with Gasteiger partial charge in [-0.25, -0.2) is 0 Å². The molecule has 0 N–H and O–H groups in total. The molecule has 3 heteroatoms. The summed E-state index contributed by atoms with van der Waals surface area (Å²) in [5, 5.41) is 9.53. The Balaban J connectivity index is 1.18. The Morgan fingerprint density at radius 3 is 1.03 bits per heavy atom. The SMILES string of the molecule is c1cc[c]([Ge]([c]2ccccc2)([c]2ccc(-c3cccc4c3oc3ccccc34)c3ccccc23)[c]2ccc(-c3cccc4c3oc3ccccc34)c3ccccc23)cc1. The van der Waals surface area contributed by atoms with Gasteiger partial charge in [0.05, 0.1) is 0 Å². The van der Waals surface area contributed by atoms with Crippen LogP contribution in [-0.4, -0.2) is 13.3 Å². The predicted molar refractivity (Wildman–Crippen MR) is 250 cm³/mol. The first kappa shape index (κ1) is 34.0. The monoisotopic (exact) mass is 814 g/mol. The number of fused-ring (bicyclic) bond motifs is 8. The molecule has 59 heavy (non-hydrogen) atoms. The number of rotatable bonds is 6. The number of benzene rings is 10. The van der Waals surface area contributed by atoms with E-state index in [-0.39, 0.29) is 0 Å². The fourth-order valence-electron chi connectivity index (χ4n) is 9.95. The molecule has 0 saturated heterocycles. The summed E-state index contributed by atoms with van der Waals surface area (Å²) >= 11 is -3.91. The molecular weight excluding hydrogens is 777 g/mol. The first-order chi connectivity index (χ1) is 29.3. The molecule has 0 aliphatic heterocycles. The molecule has 2 aromatic heterocycles. The summed E-state index contributed by atoms with van der Waals surface area (Å²) in [5.41, 5.74) is 8.21. The van der Waals surface area contributed by atoms with E-state index in [4.69, 9.17) is 8.83 Å². The van der Waals surface area contributed by atoms with Crippen molar-refractivity contribution in [2.24, 2.45) is 0 Å². The van der Waals surface area contributed by atoms with Crippen LogP contribution in [-0.2, 0) is 0 Å². The Labute approximate surface area is 343 Å². The van der Waals surface area contributed by atoms with Gasteiger partial charge in [0.25, 0.3) is 0 Å². The summed E-state index contributed by atoms with van der Waals surface area (Å²) < 4.78 is 18.8. The third kappa shape index (κ3) is 5.06. The zero-order valence-electron chi connectivity index (χ0n) is 32.1. The van der Waals surface area contributed by atoms with Crippen molar-refractivity contribution in [1.29, 1.82) is 0 Å². The van der Waals surface area contributed by atoms with E-state index >= 15 is 0 Å². The van der Waals surface area contributed by atoms with E-state index in [9.17, 15) is 0 Å². The van der Waals surface area contributed by atoms with E-state index in [0.29, 0.717) is 0 Å². The fourth-order valence-corrected chi connectivity index (χ4v) is 20.8. The van der Waals surface area contributed by atoms with Crippen molar-refractivity contribution < 1.29 is 8.83 Å². The fraction of sp³-hybridized carbons (Fsp3) is 0. The number of para-hydroxylation sites is 4. The summed E-state index contributed by atoms with van der Waals surface area (Å²) in [6.45, 7) is 0. The van der Waals surface area contributed by atoms with Crippen molar-refractivity contribution in [3.05, 3.63) is 218 Å². The molecule has 276 valence electrons. The minimum absolute atomic E-state index is 0.907. The zero-order valence-corrected chi connectivity index (χ0v) is 34.2. The van der Waals surface area contributed by atoms with E-state index < -0.39 is 13.3 Å². The van der Waals surface area contributed by atoms with Crippen LogP contribution in [0.25, 0.3) is 87.7 Å². The van der Waals surface area contributed by atoms with Crippen molar-refractivity contribution in [3.8, 4) is 22.3 Å². The summed E-state index contributed by atoms with van der Waals surface area (Å²) in [6, 6.07) is 80.2. The molecule has 0 fully saturated rings. The van der Waals surface area contributed by atoms with E-state index in [1.54, 1.807) is 0 Å². The average molecular weight is 814 g/mol. The molecule has 2 nitrogen and oxygen atoms in total. The Kier molecular flexibility index (Phi) is 7.76. The number of furan rings is 2. The maximum atomic E-state index is 6.64. The van der Waals surface area contributed by atoms with Crippen LogP contribution in [0.1, 0.15) is 0 Å². The van der Waals surface area contributed by atoms with Crippen molar-refractivity contribution in [2.45, 2.75) is 0 Å². The molecule has 10 aromatic carbocycles. The van der Waals surface area contributed by atoms with E-state index in [0.717, 1.165) is 55.0 Å². The van der Waals surface area contributed by atoms with Gasteiger partial charge in [0.15, 0.2) is 0 Å². The van der Waals surface area contributed by atoms with Crippen LogP contribution in [0.5, 0.6) is 0 Å². The van der Waals surface area contributed by atoms with Gasteiger partial charge in [-0.05, 0) is 0 Å². The predicted octanol–water partition coefficient (Wildman–Crippen LogP) is 12.5. The van der Waals surface area contributed by atoms with E-state index in [2.05, 4.69) is 206 Å². The first-order valence-electron chi connectivity index (χ1n) is 20.3. The Bertz CT molecular complexity index is 3320. The summed E-state index contributed by atoms with van der Waals surface area (Å²) in [5.74, 6) is 0. The molecule has 12 rings (SSSR count). The molecule has 0 aliphatic rings. The minimum atomic E-state index is -3.91. The molecule has 2 heterocycles. The van der Waals surface area contributed by atoms with Gasteiger partial charge in [-0.15, -0.1) is 0 Å². The molecule has 0 bridgehead atoms. The van der Waals surface area contributed by atoms with Gasteiger partial charge in [-0.3, -0.25) is 0 Å². The van der Waals surface area contributed by atoms with Crippen molar-refractivity contribution >= 4 is 96.3 Å². The molecular formula is C56H36GeO2. The molecule has 12 aromatic rings. The van der Waals surface area contributed by atoms with Gasteiger partial charge in [0, 0.05) is 0 Å². The van der Waals surface area contributed by atoms with Crippen LogP contribution >= 0.6 is 0 Å². The van der Waals surface area contributed by atoms with Gasteiger partial charge in [0.2, 0.25) is 0 Å². The molecule has 0 unspecified atom stereocenters. The molecule has 0 aliphatic carbocycles. The third-order valence-corrected chi connectivity index (χ3v) is 22.7. The second kappa shape index (κ2) is 13.5. The Morgan fingerprint density at radius 1 is 0.237 bits per heavy atom. The normalized spacial score (nSPS) is 12.1. The average Bonchev–Trinajstić information content (AvgIpc) is 3.89. The molecule has 0 amide bonds. The second-order valence-electron chi connectivity index (χ2n) is 15.5. The number of hydrogen-bond donors (Lipinski definition) is 0. The molecule has 0 spiro atoms. The van der Waals surface area contributed by atoms with Crippen LogP contribution in [0.15, 0.2) is 227 Å². The molecule has 0 saturated carbocycles. The third-order valence-electron chi connectivity index (χ3n) is 12.5. The zero-order chi connectivity index (χ0) is 38.9. The summed E-state index contributed by atoms with van der Waals surface area (Å²) in [6.07, 6.45) is 0. The van der Waals surface area contributed by atoms with Crippen molar-refractivity contribution in [1.82, 2.24) is 0 Å². The van der Waals surface area contributed by atoms with Crippen LogP contribution in [0.4, 0.5) is 0 Å². The molecule has 0 radical (unpaired) electrons. The van der Waals surface area contributed by atoms with Crippen molar-refractivity contribution in [3.63, 3.8) is 0 Å². The summed E-state index contributed by atoms with van der Waals surface area (Å²) in [7, 11) is 0. The topological polar surface area (TPSA) is 26.3 Å². The van der Waals surface area contributed by atoms with Gasteiger partial charge < -0.3 is 0 Å². The van der Waals surface area contributed by atoms with Crippen LogP contribution < -0.4 is 17.6 Å². The quantitative estimate of drug-likeness (QED) is 0.156. The number of hydrogen-bond acceptors (Lipinski definition) is 2. The standard InChI is InChI=1S/C56H36GeO2/c1-3-17-37(18-4-1)57(38-19-5-2-6-20-38,51-35-33-41(39-21-7-9-23-43(39)51)47-27-15-29-49-45-25-11-13-31-53(45)58-55(47)49)52-36-34-42(40-22-8-10-24-44(40)52)48-28-16-30-50-46-26-12-14-32-54(46)59-56(48)50/h1-36H. The van der Waals surface area contributed by atoms with E-state index in [1.807, 2.05) is 12.1 Å². The maximum absolute atomic E-state index is 6.64. The molecule has 0 atom stereocenters. The Morgan fingerprint density at radius 2 is 0.593 bits per heavy atom. The second-order valence-corrected chi connectivity index (χ2v) is 23.3. The van der Waals surface area contributed by atoms with Gasteiger partial charge >= 0.3 is 346 Å². The van der Waals surface area contributed by atoms with Crippen LogP contribution in [0.3, 0.4) is 0 Å². The Hall–Kier alpha value is -7.14. The first-order valence-corrected chi connectivity index (χ1v) is 24.5. The van der Waals surface area contributed by atoms with E-state index in [1.165, 1.54) is 50.3 Å². The van der Waals surface area contributed by atoms with Gasteiger partial charge in [-0.2, -0.15) is 0 Å². The van der Waals surface area contributed by atoms with Crippen LogP contribution in [0.2, 0.25) is 0 Å². The van der Waals surface area contributed by atoms with Gasteiger partial charge in [0.1, 0.15) is 0 Å². The van der Waals surface area contributed by atoms with Gasteiger partial charge in [-0.1, -0.05) is 0 Å². The summed E-state index contributed by atoms with van der Waals surface area (Å²) in [4.78, 5) is 0. The van der Waals surface area contributed by atoms with Crippen molar-refractivity contribution in [2.75, 3.05) is 0 Å².